The predicted molar refractivity (Wildman–Crippen MR) is 96.6 cm³/mol. The molecule has 6 heteroatoms. The van der Waals surface area contributed by atoms with E-state index >= 15 is 0 Å². The van der Waals surface area contributed by atoms with Crippen LogP contribution in [0.15, 0.2) is 59.5 Å². The maximum absolute atomic E-state index is 13.4. The molecule has 0 radical (unpaired) electrons. The second-order valence-corrected chi connectivity index (χ2v) is 8.59. The quantitative estimate of drug-likeness (QED) is 0.734. The van der Waals surface area contributed by atoms with Crippen LogP contribution in [0, 0.1) is 6.92 Å². The van der Waals surface area contributed by atoms with E-state index in [0.29, 0.717) is 5.56 Å². The number of carbonyl (C=O) groups excluding carboxylic acids is 1. The van der Waals surface area contributed by atoms with Crippen molar-refractivity contribution in [1.29, 1.82) is 0 Å². The first-order chi connectivity index (χ1) is 11.4. The van der Waals surface area contributed by atoms with Crippen LogP contribution in [-0.4, -0.2) is 27.2 Å². The largest absolute Gasteiger partial charge is 0.464 e. The Morgan fingerprint density at radius 1 is 1.08 bits per heavy atom. The van der Waals surface area contributed by atoms with E-state index in [1.54, 1.807) is 55.6 Å². The van der Waals surface area contributed by atoms with Crippen molar-refractivity contribution in [3.8, 4) is 0 Å². The number of hydrogen-bond donors (Lipinski definition) is 0. The molecule has 0 saturated carbocycles. The fraction of sp³-hybridized carbons (Fsp3) is 0.278. The summed E-state index contributed by atoms with van der Waals surface area (Å²) in [5.41, 5.74) is 1.37. The Bertz CT molecular complexity index is 799. The number of hydrogen-bond acceptors (Lipinski definition) is 5. The molecule has 0 bridgehead atoms. The zero-order chi connectivity index (χ0) is 17.8. The van der Waals surface area contributed by atoms with Crippen molar-refractivity contribution in [2.45, 2.75) is 22.8 Å². The van der Waals surface area contributed by atoms with Crippen molar-refractivity contribution in [2.75, 3.05) is 12.9 Å². The number of sulfone groups is 1. The van der Waals surface area contributed by atoms with E-state index in [-0.39, 0.29) is 11.5 Å². The van der Waals surface area contributed by atoms with Crippen molar-refractivity contribution < 1.29 is 17.9 Å². The molecule has 1 atom stereocenters. The Labute approximate surface area is 147 Å². The Balaban J connectivity index is 2.75. The minimum absolute atomic E-state index is 0.0907. The fourth-order valence-electron chi connectivity index (χ4n) is 2.46. The molecule has 0 aliphatic heterocycles. The second-order valence-electron chi connectivity index (χ2n) is 5.22. The van der Waals surface area contributed by atoms with Crippen LogP contribution in [-0.2, 0) is 23.4 Å². The molecule has 0 aromatic heterocycles. The summed E-state index contributed by atoms with van der Waals surface area (Å²) in [6, 6.07) is 14.9. The standard InChI is InChI=1S/C18H20O4S2/c1-4-22-17(19)18(23-3,15-12-10-14(2)11-13-15)24(20,21)16-8-6-5-7-9-16/h5-13H,4H2,1-3H3. The number of thioether (sulfide) groups is 1. The first kappa shape index (κ1) is 18.5. The van der Waals surface area contributed by atoms with E-state index in [1.165, 1.54) is 12.1 Å². The summed E-state index contributed by atoms with van der Waals surface area (Å²) < 4.78 is 30.0. The summed E-state index contributed by atoms with van der Waals surface area (Å²) in [6.07, 6.45) is 1.61. The lowest BCUT2D eigenvalue weighted by atomic mass is 10.1. The Hall–Kier alpha value is -1.79. The fourth-order valence-corrected chi connectivity index (χ4v) is 5.79. The third kappa shape index (κ3) is 3.08. The minimum atomic E-state index is -4.01. The van der Waals surface area contributed by atoms with Gasteiger partial charge in [-0.05, 0) is 37.8 Å². The molecule has 2 aromatic carbocycles. The minimum Gasteiger partial charge on any atom is -0.464 e. The van der Waals surface area contributed by atoms with Crippen molar-refractivity contribution in [2.24, 2.45) is 0 Å². The van der Waals surface area contributed by atoms with Crippen molar-refractivity contribution in [1.82, 2.24) is 0 Å². The smallest absolute Gasteiger partial charge is 0.342 e. The van der Waals surface area contributed by atoms with E-state index in [1.807, 2.05) is 6.92 Å². The van der Waals surface area contributed by atoms with Crippen LogP contribution in [0.1, 0.15) is 18.1 Å². The van der Waals surface area contributed by atoms with Crippen LogP contribution in [0.2, 0.25) is 0 Å². The van der Waals surface area contributed by atoms with Gasteiger partial charge in [-0.15, -0.1) is 11.8 Å². The number of rotatable bonds is 6. The van der Waals surface area contributed by atoms with Crippen LogP contribution in [0.3, 0.4) is 0 Å². The zero-order valence-electron chi connectivity index (χ0n) is 13.9. The monoisotopic (exact) mass is 364 g/mol. The molecule has 128 valence electrons. The van der Waals surface area contributed by atoms with E-state index in [2.05, 4.69) is 0 Å². The van der Waals surface area contributed by atoms with E-state index in [4.69, 9.17) is 4.74 Å². The van der Waals surface area contributed by atoms with Crippen molar-refractivity contribution in [3.63, 3.8) is 0 Å². The maximum Gasteiger partial charge on any atom is 0.342 e. The molecule has 0 N–H and O–H groups in total. The van der Waals surface area contributed by atoms with Gasteiger partial charge in [0.15, 0.2) is 0 Å². The van der Waals surface area contributed by atoms with Gasteiger partial charge in [0.25, 0.3) is 0 Å². The lowest BCUT2D eigenvalue weighted by molar-refractivity contribution is -0.143. The Morgan fingerprint density at radius 2 is 1.67 bits per heavy atom. The average Bonchev–Trinajstić information content (AvgIpc) is 2.58. The molecule has 0 fully saturated rings. The van der Waals surface area contributed by atoms with E-state index in [0.717, 1.165) is 17.3 Å². The Kier molecular flexibility index (Phi) is 5.72. The van der Waals surface area contributed by atoms with Gasteiger partial charge in [0, 0.05) is 0 Å². The van der Waals surface area contributed by atoms with Gasteiger partial charge < -0.3 is 4.74 Å². The zero-order valence-corrected chi connectivity index (χ0v) is 15.5. The number of benzene rings is 2. The summed E-state index contributed by atoms with van der Waals surface area (Å²) in [5, 5.41) is 0. The lowest BCUT2D eigenvalue weighted by Gasteiger charge is -2.30. The highest BCUT2D eigenvalue weighted by Gasteiger charge is 2.54. The molecule has 1 unspecified atom stereocenters. The predicted octanol–water partition coefficient (Wildman–Crippen LogP) is 3.55. The molecule has 0 aliphatic rings. The van der Waals surface area contributed by atoms with E-state index in [9.17, 15) is 13.2 Å². The molecule has 0 amide bonds. The number of carbonyl (C=O) groups is 1. The van der Waals surface area contributed by atoms with Crippen LogP contribution >= 0.6 is 11.8 Å². The summed E-state index contributed by atoms with van der Waals surface area (Å²) >= 11 is 0.964. The van der Waals surface area contributed by atoms with E-state index < -0.39 is 19.9 Å². The van der Waals surface area contributed by atoms with Gasteiger partial charge in [-0.2, -0.15) is 0 Å². The topological polar surface area (TPSA) is 60.4 Å². The molecule has 24 heavy (non-hydrogen) atoms. The second kappa shape index (κ2) is 7.40. The molecule has 2 rings (SSSR count). The van der Waals surface area contributed by atoms with Gasteiger partial charge in [-0.1, -0.05) is 48.0 Å². The van der Waals surface area contributed by atoms with Gasteiger partial charge >= 0.3 is 5.97 Å². The highest BCUT2D eigenvalue weighted by Crippen LogP contribution is 2.45. The number of aryl methyl sites for hydroxylation is 1. The first-order valence-electron chi connectivity index (χ1n) is 7.49. The average molecular weight is 364 g/mol. The first-order valence-corrected chi connectivity index (χ1v) is 10.2. The van der Waals surface area contributed by atoms with Crippen LogP contribution in [0.25, 0.3) is 0 Å². The molecular formula is C18H20O4S2. The summed E-state index contributed by atoms with van der Waals surface area (Å²) in [5.74, 6) is -0.773. The van der Waals surface area contributed by atoms with Gasteiger partial charge in [0.1, 0.15) is 0 Å². The highest BCUT2D eigenvalue weighted by atomic mass is 32.3. The molecular weight excluding hydrogens is 344 g/mol. The third-order valence-corrected chi connectivity index (χ3v) is 7.88. The van der Waals surface area contributed by atoms with Crippen LogP contribution in [0.5, 0.6) is 0 Å². The van der Waals surface area contributed by atoms with Crippen molar-refractivity contribution >= 4 is 27.6 Å². The highest BCUT2D eigenvalue weighted by molar-refractivity contribution is 8.14. The molecule has 0 aliphatic carbocycles. The Morgan fingerprint density at radius 3 is 2.17 bits per heavy atom. The number of esters is 1. The van der Waals surface area contributed by atoms with Crippen LogP contribution < -0.4 is 0 Å². The summed E-state index contributed by atoms with van der Waals surface area (Å²) in [4.78, 5) is 12.9. The van der Waals surface area contributed by atoms with Gasteiger partial charge in [0.2, 0.25) is 13.9 Å². The summed E-state index contributed by atoms with van der Waals surface area (Å²) in [7, 11) is -4.01. The lowest BCUT2D eigenvalue weighted by Crippen LogP contribution is -2.42. The maximum atomic E-state index is 13.4. The molecule has 0 spiro atoms. The summed E-state index contributed by atoms with van der Waals surface area (Å²) in [6.45, 7) is 3.67. The normalized spacial score (nSPS) is 14.0. The van der Waals surface area contributed by atoms with Gasteiger partial charge in [0.05, 0.1) is 11.5 Å². The molecule has 4 nitrogen and oxygen atoms in total. The SMILES string of the molecule is CCOC(=O)C(SC)(c1ccc(C)cc1)S(=O)(=O)c1ccccc1. The molecule has 2 aromatic rings. The molecule has 0 heterocycles. The third-order valence-electron chi connectivity index (χ3n) is 3.70. The van der Waals surface area contributed by atoms with Gasteiger partial charge in [-0.3, -0.25) is 0 Å². The van der Waals surface area contributed by atoms with Crippen molar-refractivity contribution in [3.05, 3.63) is 65.7 Å². The number of ether oxygens (including phenoxy) is 1. The van der Waals surface area contributed by atoms with Crippen LogP contribution in [0.4, 0.5) is 0 Å². The van der Waals surface area contributed by atoms with Gasteiger partial charge in [-0.25, -0.2) is 13.2 Å². The molecule has 0 saturated heterocycles.